The Morgan fingerprint density at radius 1 is 1.46 bits per heavy atom. The van der Waals surface area contributed by atoms with Crippen molar-refractivity contribution in [2.75, 3.05) is 0 Å². The van der Waals surface area contributed by atoms with Crippen molar-refractivity contribution in [3.8, 4) is 0 Å². The van der Waals surface area contributed by atoms with Crippen LogP contribution in [0.15, 0.2) is 0 Å². The highest BCUT2D eigenvalue weighted by atomic mass is 16.2. The second-order valence-electron chi connectivity index (χ2n) is 3.57. The van der Waals surface area contributed by atoms with E-state index in [2.05, 4.69) is 12.2 Å². The Hall–Kier alpha value is -0.570. The first-order chi connectivity index (χ1) is 6.11. The normalized spacial score (nSPS) is 15.1. The Balaban J connectivity index is 3.64. The van der Waals surface area contributed by atoms with Gasteiger partial charge >= 0.3 is 0 Å². The van der Waals surface area contributed by atoms with Gasteiger partial charge in [0.25, 0.3) is 0 Å². The number of unbranched alkanes of at least 4 members (excludes halogenated alkanes) is 1. The lowest BCUT2D eigenvalue weighted by Crippen LogP contribution is -2.44. The summed E-state index contributed by atoms with van der Waals surface area (Å²) in [6.07, 6.45) is 4.06. The van der Waals surface area contributed by atoms with Crippen LogP contribution in [0.4, 0.5) is 0 Å². The molecule has 13 heavy (non-hydrogen) atoms. The van der Waals surface area contributed by atoms with Crippen LogP contribution in [0.1, 0.15) is 46.5 Å². The highest BCUT2D eigenvalue weighted by molar-refractivity contribution is 5.81. The average molecular weight is 186 g/mol. The number of nitrogens with two attached hydrogens (primary N) is 1. The van der Waals surface area contributed by atoms with Gasteiger partial charge in [-0.2, -0.15) is 0 Å². The summed E-state index contributed by atoms with van der Waals surface area (Å²) >= 11 is 0. The van der Waals surface area contributed by atoms with E-state index in [0.717, 1.165) is 12.8 Å². The molecule has 0 spiro atoms. The van der Waals surface area contributed by atoms with Gasteiger partial charge in [-0.15, -0.1) is 0 Å². The van der Waals surface area contributed by atoms with E-state index in [1.807, 2.05) is 13.8 Å². The van der Waals surface area contributed by atoms with Crippen LogP contribution in [0.3, 0.4) is 0 Å². The molecule has 0 saturated heterocycles. The number of amides is 1. The molecule has 0 heterocycles. The van der Waals surface area contributed by atoms with Crippen molar-refractivity contribution in [3.05, 3.63) is 0 Å². The fourth-order valence-electron chi connectivity index (χ4n) is 1.12. The molecule has 2 atom stereocenters. The van der Waals surface area contributed by atoms with E-state index in [-0.39, 0.29) is 18.0 Å². The molecule has 0 aliphatic heterocycles. The first-order valence-electron chi connectivity index (χ1n) is 5.17. The van der Waals surface area contributed by atoms with Gasteiger partial charge < -0.3 is 11.1 Å². The van der Waals surface area contributed by atoms with Crippen molar-refractivity contribution in [2.24, 2.45) is 5.73 Å². The van der Waals surface area contributed by atoms with Crippen LogP contribution in [0.25, 0.3) is 0 Å². The van der Waals surface area contributed by atoms with Crippen LogP contribution < -0.4 is 11.1 Å². The maximum atomic E-state index is 11.3. The van der Waals surface area contributed by atoms with Crippen LogP contribution in [0.2, 0.25) is 0 Å². The average Bonchev–Trinajstić information content (AvgIpc) is 2.13. The summed E-state index contributed by atoms with van der Waals surface area (Å²) in [5.74, 6) is -0.0221. The minimum absolute atomic E-state index is 0.0221. The number of hydrogen-bond acceptors (Lipinski definition) is 2. The summed E-state index contributed by atoms with van der Waals surface area (Å²) in [5.41, 5.74) is 5.58. The highest BCUT2D eigenvalue weighted by Crippen LogP contribution is 1.99. The van der Waals surface area contributed by atoms with Crippen molar-refractivity contribution in [1.29, 1.82) is 0 Å². The number of rotatable bonds is 6. The Bertz CT molecular complexity index is 148. The number of hydrogen-bond donors (Lipinski definition) is 2. The molecule has 0 bridgehead atoms. The van der Waals surface area contributed by atoms with Gasteiger partial charge in [0, 0.05) is 6.04 Å². The van der Waals surface area contributed by atoms with Crippen LogP contribution in [-0.4, -0.2) is 18.0 Å². The van der Waals surface area contributed by atoms with E-state index in [1.165, 1.54) is 6.42 Å². The predicted octanol–water partition coefficient (Wildman–Crippen LogP) is 1.42. The van der Waals surface area contributed by atoms with Crippen molar-refractivity contribution in [1.82, 2.24) is 5.32 Å². The molecule has 3 N–H and O–H groups in total. The maximum Gasteiger partial charge on any atom is 0.237 e. The Morgan fingerprint density at radius 3 is 2.54 bits per heavy atom. The third kappa shape index (κ3) is 5.64. The summed E-state index contributed by atoms with van der Waals surface area (Å²) in [7, 11) is 0. The third-order valence-electron chi connectivity index (χ3n) is 2.16. The number of carbonyl (C=O) groups is 1. The van der Waals surface area contributed by atoms with Crippen LogP contribution >= 0.6 is 0 Å². The van der Waals surface area contributed by atoms with E-state index in [0.29, 0.717) is 6.42 Å². The molecule has 0 aliphatic carbocycles. The zero-order chi connectivity index (χ0) is 10.3. The third-order valence-corrected chi connectivity index (χ3v) is 2.16. The second-order valence-corrected chi connectivity index (χ2v) is 3.57. The maximum absolute atomic E-state index is 11.3. The van der Waals surface area contributed by atoms with Gasteiger partial charge in [0.1, 0.15) is 0 Å². The number of nitrogens with one attached hydrogen (secondary N) is 1. The molecule has 0 rings (SSSR count). The quantitative estimate of drug-likeness (QED) is 0.659. The molecule has 78 valence electrons. The summed E-state index contributed by atoms with van der Waals surface area (Å²) in [4.78, 5) is 11.3. The minimum Gasteiger partial charge on any atom is -0.352 e. The van der Waals surface area contributed by atoms with Crippen molar-refractivity contribution in [2.45, 2.75) is 58.5 Å². The SMILES string of the molecule is CCCCC(C)NC(=O)C(N)CC. The first kappa shape index (κ1) is 12.4. The molecule has 0 radical (unpaired) electrons. The molecule has 0 fully saturated rings. The zero-order valence-corrected chi connectivity index (χ0v) is 8.97. The summed E-state index contributed by atoms with van der Waals surface area (Å²) in [6, 6.07) is -0.0888. The summed E-state index contributed by atoms with van der Waals surface area (Å²) < 4.78 is 0. The van der Waals surface area contributed by atoms with E-state index < -0.39 is 0 Å². The first-order valence-corrected chi connectivity index (χ1v) is 5.17. The molecule has 1 amide bonds. The van der Waals surface area contributed by atoms with Gasteiger partial charge in [-0.1, -0.05) is 26.7 Å². The van der Waals surface area contributed by atoms with Gasteiger partial charge in [0.05, 0.1) is 6.04 Å². The van der Waals surface area contributed by atoms with Crippen molar-refractivity contribution < 1.29 is 4.79 Å². The smallest absolute Gasteiger partial charge is 0.237 e. The molecule has 0 aliphatic rings. The van der Waals surface area contributed by atoms with Gasteiger partial charge in [0.15, 0.2) is 0 Å². The van der Waals surface area contributed by atoms with Crippen LogP contribution in [0, 0.1) is 0 Å². The minimum atomic E-state index is -0.343. The topological polar surface area (TPSA) is 55.1 Å². The van der Waals surface area contributed by atoms with E-state index >= 15 is 0 Å². The molecule has 3 heteroatoms. The largest absolute Gasteiger partial charge is 0.352 e. The monoisotopic (exact) mass is 186 g/mol. The lowest BCUT2D eigenvalue weighted by molar-refractivity contribution is -0.123. The Morgan fingerprint density at radius 2 is 2.08 bits per heavy atom. The van der Waals surface area contributed by atoms with Gasteiger partial charge in [-0.05, 0) is 19.8 Å². The molecule has 2 unspecified atom stereocenters. The van der Waals surface area contributed by atoms with Gasteiger partial charge in [-0.3, -0.25) is 4.79 Å². The fraction of sp³-hybridized carbons (Fsp3) is 0.900. The molecule has 0 aromatic heterocycles. The standard InChI is InChI=1S/C10H22N2O/c1-4-6-7-8(3)12-10(13)9(11)5-2/h8-9H,4-7,11H2,1-3H3,(H,12,13). The highest BCUT2D eigenvalue weighted by Gasteiger charge is 2.12. The lowest BCUT2D eigenvalue weighted by Gasteiger charge is -2.16. The molecule has 0 aromatic carbocycles. The fourth-order valence-corrected chi connectivity index (χ4v) is 1.12. The van der Waals surface area contributed by atoms with Crippen molar-refractivity contribution in [3.63, 3.8) is 0 Å². The lowest BCUT2D eigenvalue weighted by atomic mass is 10.1. The molecule has 0 saturated carbocycles. The predicted molar refractivity (Wildman–Crippen MR) is 55.4 cm³/mol. The molecule has 3 nitrogen and oxygen atoms in total. The molecular formula is C10H22N2O. The van der Waals surface area contributed by atoms with Crippen LogP contribution in [0.5, 0.6) is 0 Å². The number of carbonyl (C=O) groups excluding carboxylic acids is 1. The second kappa shape index (κ2) is 6.89. The molecular weight excluding hydrogens is 164 g/mol. The van der Waals surface area contributed by atoms with Gasteiger partial charge in [-0.25, -0.2) is 0 Å². The Labute approximate surface area is 81.1 Å². The summed E-state index contributed by atoms with van der Waals surface area (Å²) in [5, 5.41) is 2.90. The summed E-state index contributed by atoms with van der Waals surface area (Å²) in [6.45, 7) is 6.09. The van der Waals surface area contributed by atoms with Crippen molar-refractivity contribution >= 4 is 5.91 Å². The van der Waals surface area contributed by atoms with E-state index in [1.54, 1.807) is 0 Å². The zero-order valence-electron chi connectivity index (χ0n) is 8.97. The molecule has 0 aromatic rings. The van der Waals surface area contributed by atoms with Crippen LogP contribution in [-0.2, 0) is 4.79 Å². The Kier molecular flexibility index (Phi) is 6.59. The van der Waals surface area contributed by atoms with E-state index in [4.69, 9.17) is 5.73 Å². The van der Waals surface area contributed by atoms with Gasteiger partial charge in [0.2, 0.25) is 5.91 Å². The van der Waals surface area contributed by atoms with E-state index in [9.17, 15) is 4.79 Å².